The molecule has 112 valence electrons. The van der Waals surface area contributed by atoms with Crippen LogP contribution < -0.4 is 10.6 Å². The lowest BCUT2D eigenvalue weighted by Gasteiger charge is -2.12. The van der Waals surface area contributed by atoms with E-state index in [4.69, 9.17) is 11.6 Å². The molecule has 0 spiro atoms. The number of thioether (sulfide) groups is 1. The summed E-state index contributed by atoms with van der Waals surface area (Å²) < 4.78 is 35.7. The summed E-state index contributed by atoms with van der Waals surface area (Å²) in [5.74, 6) is -2.32. The van der Waals surface area contributed by atoms with Crippen molar-refractivity contribution in [3.8, 4) is 0 Å². The van der Waals surface area contributed by atoms with E-state index in [2.05, 4.69) is 10.6 Å². The zero-order chi connectivity index (χ0) is 15.1. The van der Waals surface area contributed by atoms with Gasteiger partial charge in [-0.15, -0.1) is 0 Å². The number of alkyl halides is 2. The molecule has 1 rings (SSSR count). The van der Waals surface area contributed by atoms with Gasteiger partial charge in [0.15, 0.2) is 0 Å². The first-order valence-corrected chi connectivity index (χ1v) is 8.47. The van der Waals surface area contributed by atoms with Gasteiger partial charge in [0.2, 0.25) is 0 Å². The maximum Gasteiger partial charge on any atom is 0.319 e. The van der Waals surface area contributed by atoms with Crippen molar-refractivity contribution in [1.82, 2.24) is 5.32 Å². The number of hydrogen-bond donors (Lipinski definition) is 2. The lowest BCUT2D eigenvalue weighted by Crippen LogP contribution is -2.31. The summed E-state index contributed by atoms with van der Waals surface area (Å²) in [6.07, 6.45) is 1.52. The molecule has 1 unspecified atom stereocenters. The Morgan fingerprint density at radius 2 is 2.20 bits per heavy atom. The van der Waals surface area contributed by atoms with Gasteiger partial charge in [-0.2, -0.15) is 8.78 Å². The molecule has 0 saturated heterocycles. The van der Waals surface area contributed by atoms with E-state index in [9.17, 15) is 17.8 Å². The van der Waals surface area contributed by atoms with Crippen LogP contribution in [0.15, 0.2) is 23.1 Å². The number of anilines is 1. The summed E-state index contributed by atoms with van der Waals surface area (Å²) in [7, 11) is -1.01. The van der Waals surface area contributed by atoms with Crippen molar-refractivity contribution >= 4 is 45.9 Å². The Morgan fingerprint density at radius 1 is 1.50 bits per heavy atom. The van der Waals surface area contributed by atoms with E-state index >= 15 is 0 Å². The number of amides is 2. The molecule has 0 aromatic heterocycles. The summed E-state index contributed by atoms with van der Waals surface area (Å²) in [4.78, 5) is 11.7. The van der Waals surface area contributed by atoms with Crippen LogP contribution in [0.3, 0.4) is 0 Å². The molecule has 0 aliphatic rings. The first-order chi connectivity index (χ1) is 9.40. The van der Waals surface area contributed by atoms with Gasteiger partial charge in [0.05, 0.1) is 15.6 Å². The van der Waals surface area contributed by atoms with Gasteiger partial charge in [0.1, 0.15) is 0 Å². The molecule has 0 fully saturated rings. The molecule has 0 bridgehead atoms. The Kier molecular flexibility index (Phi) is 7.25. The number of nitrogens with one attached hydrogen (secondary N) is 2. The SMILES string of the molecule is CS(=O)CCNC(=O)Nc1cccc(Cl)c1SC(F)F. The molecule has 2 N–H and O–H groups in total. The minimum Gasteiger partial charge on any atom is -0.337 e. The molecule has 0 aliphatic carbocycles. The third-order valence-electron chi connectivity index (χ3n) is 2.10. The number of carbonyl (C=O) groups excluding carboxylic acids is 1. The third kappa shape index (κ3) is 6.06. The Bertz CT molecular complexity index is 503. The topological polar surface area (TPSA) is 58.2 Å². The largest absolute Gasteiger partial charge is 0.337 e. The van der Waals surface area contributed by atoms with Crippen LogP contribution in [0.5, 0.6) is 0 Å². The van der Waals surface area contributed by atoms with E-state index in [1.807, 2.05) is 0 Å². The quantitative estimate of drug-likeness (QED) is 0.781. The van der Waals surface area contributed by atoms with Gasteiger partial charge in [-0.25, -0.2) is 4.79 Å². The average Bonchev–Trinajstić information content (AvgIpc) is 2.32. The van der Waals surface area contributed by atoms with E-state index < -0.39 is 22.6 Å². The van der Waals surface area contributed by atoms with Crippen molar-refractivity contribution in [2.45, 2.75) is 10.7 Å². The zero-order valence-electron chi connectivity index (χ0n) is 10.5. The lowest BCUT2D eigenvalue weighted by molar-refractivity contribution is 0.251. The highest BCUT2D eigenvalue weighted by Gasteiger charge is 2.15. The second-order valence-corrected chi connectivity index (χ2v) is 6.62. The second kappa shape index (κ2) is 8.43. The number of halogens is 3. The standard InChI is InChI=1S/C11H13ClF2N2O2S2/c1-20(18)6-5-15-11(17)16-8-4-2-3-7(12)9(8)19-10(13)14/h2-4,10H,5-6H2,1H3,(H2,15,16,17). The minimum absolute atomic E-state index is 0.110. The number of carbonyl (C=O) groups is 1. The molecular formula is C11H13ClF2N2O2S2. The molecule has 0 radical (unpaired) electrons. The summed E-state index contributed by atoms with van der Waals surface area (Å²) in [6.45, 7) is 0.229. The van der Waals surface area contributed by atoms with Crippen LogP contribution in [-0.4, -0.2) is 34.6 Å². The van der Waals surface area contributed by atoms with Gasteiger partial charge in [0.25, 0.3) is 5.76 Å². The highest BCUT2D eigenvalue weighted by molar-refractivity contribution is 7.99. The van der Waals surface area contributed by atoms with Crippen LogP contribution in [0.25, 0.3) is 0 Å². The molecule has 0 aliphatic heterocycles. The van der Waals surface area contributed by atoms with Crippen LogP contribution in [0.1, 0.15) is 0 Å². The van der Waals surface area contributed by atoms with Gasteiger partial charge in [-0.1, -0.05) is 29.4 Å². The van der Waals surface area contributed by atoms with Crippen molar-refractivity contribution in [3.05, 3.63) is 23.2 Å². The summed E-state index contributed by atoms with van der Waals surface area (Å²) >= 11 is 6.10. The van der Waals surface area contributed by atoms with Gasteiger partial charge in [-0.05, 0) is 12.1 Å². The fourth-order valence-corrected chi connectivity index (χ4v) is 2.59. The normalized spacial score (nSPS) is 12.2. The molecule has 0 saturated carbocycles. The highest BCUT2D eigenvalue weighted by atomic mass is 35.5. The Labute approximate surface area is 127 Å². The summed E-state index contributed by atoms with van der Waals surface area (Å²) in [5, 5.41) is 5.06. The summed E-state index contributed by atoms with van der Waals surface area (Å²) in [5.41, 5.74) is 0.206. The minimum atomic E-state index is -2.64. The molecule has 4 nitrogen and oxygen atoms in total. The van der Waals surface area contributed by atoms with Crippen LogP contribution in [0.2, 0.25) is 5.02 Å². The number of hydrogen-bond acceptors (Lipinski definition) is 3. The average molecular weight is 343 g/mol. The van der Waals surface area contributed by atoms with Crippen molar-refractivity contribution in [3.63, 3.8) is 0 Å². The van der Waals surface area contributed by atoms with Crippen molar-refractivity contribution in [1.29, 1.82) is 0 Å². The van der Waals surface area contributed by atoms with E-state index in [1.165, 1.54) is 18.4 Å². The summed E-state index contributed by atoms with van der Waals surface area (Å²) in [6, 6.07) is 3.94. The second-order valence-electron chi connectivity index (χ2n) is 3.65. The van der Waals surface area contributed by atoms with E-state index in [0.717, 1.165) is 0 Å². The predicted molar refractivity (Wildman–Crippen MR) is 79.3 cm³/mol. The maximum atomic E-state index is 12.5. The van der Waals surface area contributed by atoms with Gasteiger partial charge in [-0.3, -0.25) is 4.21 Å². The molecule has 1 atom stereocenters. The van der Waals surface area contributed by atoms with Crippen LogP contribution in [0, 0.1) is 0 Å². The first kappa shape index (κ1) is 17.2. The number of benzene rings is 1. The number of urea groups is 1. The van der Waals surface area contributed by atoms with Crippen molar-refractivity contribution in [2.24, 2.45) is 0 Å². The van der Waals surface area contributed by atoms with Crippen molar-refractivity contribution in [2.75, 3.05) is 23.9 Å². The maximum absolute atomic E-state index is 12.5. The van der Waals surface area contributed by atoms with Gasteiger partial charge >= 0.3 is 6.03 Å². The molecule has 1 aromatic rings. The highest BCUT2D eigenvalue weighted by Crippen LogP contribution is 2.37. The Hall–Kier alpha value is -0.860. The van der Waals surface area contributed by atoms with Crippen LogP contribution >= 0.6 is 23.4 Å². The van der Waals surface area contributed by atoms with Gasteiger partial charge in [0, 0.05) is 29.4 Å². The van der Waals surface area contributed by atoms with Crippen molar-refractivity contribution < 1.29 is 17.8 Å². The first-order valence-electron chi connectivity index (χ1n) is 5.48. The fourth-order valence-electron chi connectivity index (χ4n) is 1.29. The fraction of sp³-hybridized carbons (Fsp3) is 0.364. The smallest absolute Gasteiger partial charge is 0.319 e. The lowest BCUT2D eigenvalue weighted by atomic mass is 10.3. The van der Waals surface area contributed by atoms with Crippen LogP contribution in [0.4, 0.5) is 19.3 Å². The van der Waals surface area contributed by atoms with E-state index in [-0.39, 0.29) is 33.9 Å². The number of rotatable bonds is 6. The van der Waals surface area contributed by atoms with Gasteiger partial charge < -0.3 is 10.6 Å². The Balaban J connectivity index is 2.69. The molecular weight excluding hydrogens is 330 g/mol. The molecule has 1 aromatic carbocycles. The predicted octanol–water partition coefficient (Wildman–Crippen LogP) is 3.15. The third-order valence-corrected chi connectivity index (χ3v) is 4.16. The molecule has 2 amide bonds. The van der Waals surface area contributed by atoms with E-state index in [0.29, 0.717) is 5.75 Å². The molecule has 20 heavy (non-hydrogen) atoms. The van der Waals surface area contributed by atoms with E-state index in [1.54, 1.807) is 6.07 Å². The Morgan fingerprint density at radius 3 is 2.80 bits per heavy atom. The molecule has 9 heteroatoms. The van der Waals surface area contributed by atoms with Crippen LogP contribution in [-0.2, 0) is 10.8 Å². The monoisotopic (exact) mass is 342 g/mol. The zero-order valence-corrected chi connectivity index (χ0v) is 12.9. The molecule has 0 heterocycles.